The number of carbonyl (C=O) groups excluding carboxylic acids is 1. The van der Waals surface area contributed by atoms with E-state index in [-0.39, 0.29) is 5.91 Å². The highest BCUT2D eigenvalue weighted by Gasteiger charge is 2.39. The highest BCUT2D eigenvalue weighted by Crippen LogP contribution is 2.27. The summed E-state index contributed by atoms with van der Waals surface area (Å²) in [6, 6.07) is 0.505. The summed E-state index contributed by atoms with van der Waals surface area (Å²) < 4.78 is 0. The van der Waals surface area contributed by atoms with Crippen molar-refractivity contribution in [2.75, 3.05) is 20.1 Å². The van der Waals surface area contributed by atoms with Crippen molar-refractivity contribution < 1.29 is 4.79 Å². The molecule has 1 unspecified atom stereocenters. The monoisotopic (exact) mass is 239 g/mol. The fourth-order valence-electron chi connectivity index (χ4n) is 3.19. The van der Waals surface area contributed by atoms with Gasteiger partial charge in [0.2, 0.25) is 5.91 Å². The Labute approximate surface area is 104 Å². The molecule has 0 aromatic heterocycles. The highest BCUT2D eigenvalue weighted by molar-refractivity contribution is 5.84. The average Bonchev–Trinajstić information content (AvgIpc) is 2.70. The van der Waals surface area contributed by atoms with Gasteiger partial charge in [0.1, 0.15) is 0 Å². The van der Waals surface area contributed by atoms with E-state index in [4.69, 9.17) is 5.73 Å². The van der Waals surface area contributed by atoms with E-state index in [1.807, 2.05) is 0 Å². The molecule has 4 nitrogen and oxygen atoms in total. The molecule has 0 aromatic rings. The smallest absolute Gasteiger partial charge is 0.237 e. The normalized spacial score (nSPS) is 32.5. The van der Waals surface area contributed by atoms with Crippen LogP contribution in [0, 0.1) is 0 Å². The summed E-state index contributed by atoms with van der Waals surface area (Å²) in [7, 11) is 2.12. The molecule has 3 N–H and O–H groups in total. The molecular weight excluding hydrogens is 214 g/mol. The van der Waals surface area contributed by atoms with E-state index in [2.05, 4.69) is 17.3 Å². The Hall–Kier alpha value is -0.610. The van der Waals surface area contributed by atoms with Gasteiger partial charge in [-0.1, -0.05) is 12.8 Å². The van der Waals surface area contributed by atoms with Crippen molar-refractivity contribution in [2.45, 2.75) is 56.5 Å². The van der Waals surface area contributed by atoms with E-state index in [1.165, 1.54) is 25.7 Å². The number of nitrogens with two attached hydrogens (primary N) is 1. The van der Waals surface area contributed by atoms with Gasteiger partial charge in [0, 0.05) is 12.6 Å². The van der Waals surface area contributed by atoms with Gasteiger partial charge < -0.3 is 16.0 Å². The molecule has 0 radical (unpaired) electrons. The van der Waals surface area contributed by atoms with Crippen molar-refractivity contribution in [2.24, 2.45) is 5.73 Å². The Morgan fingerprint density at radius 1 is 1.24 bits per heavy atom. The maximum absolute atomic E-state index is 11.9. The summed E-state index contributed by atoms with van der Waals surface area (Å²) in [6.07, 6.45) is 7.77. The van der Waals surface area contributed by atoms with Gasteiger partial charge >= 0.3 is 0 Å². The summed E-state index contributed by atoms with van der Waals surface area (Å²) in [5.74, 6) is -0.153. The number of primary amides is 1. The third kappa shape index (κ3) is 2.99. The second-order valence-electron chi connectivity index (χ2n) is 5.73. The van der Waals surface area contributed by atoms with Crippen molar-refractivity contribution in [1.29, 1.82) is 0 Å². The molecule has 1 aliphatic heterocycles. The maximum atomic E-state index is 11.9. The van der Waals surface area contributed by atoms with Crippen molar-refractivity contribution >= 4 is 5.91 Å². The van der Waals surface area contributed by atoms with Crippen LogP contribution in [0.2, 0.25) is 0 Å². The molecule has 1 amide bonds. The number of carbonyl (C=O) groups is 1. The van der Waals surface area contributed by atoms with Gasteiger partial charge in [0.25, 0.3) is 0 Å². The van der Waals surface area contributed by atoms with Crippen LogP contribution < -0.4 is 11.1 Å². The Kier molecular flexibility index (Phi) is 4.05. The van der Waals surface area contributed by atoms with Crippen LogP contribution in [-0.4, -0.2) is 42.5 Å². The maximum Gasteiger partial charge on any atom is 0.237 e. The predicted molar refractivity (Wildman–Crippen MR) is 68.7 cm³/mol. The molecule has 1 saturated carbocycles. The molecule has 1 aliphatic carbocycles. The van der Waals surface area contributed by atoms with Crippen LogP contribution in [0.15, 0.2) is 0 Å². The molecule has 0 aromatic carbocycles. The van der Waals surface area contributed by atoms with Gasteiger partial charge in [-0.2, -0.15) is 0 Å². The fourth-order valence-corrected chi connectivity index (χ4v) is 3.19. The Morgan fingerprint density at radius 2 is 1.94 bits per heavy atom. The average molecular weight is 239 g/mol. The first-order valence-electron chi connectivity index (χ1n) is 6.88. The van der Waals surface area contributed by atoms with E-state index in [9.17, 15) is 4.79 Å². The third-order valence-corrected chi connectivity index (χ3v) is 4.37. The van der Waals surface area contributed by atoms with Crippen LogP contribution in [0.5, 0.6) is 0 Å². The van der Waals surface area contributed by atoms with Crippen LogP contribution in [0.25, 0.3) is 0 Å². The summed E-state index contributed by atoms with van der Waals surface area (Å²) in [6.45, 7) is 2.03. The number of amides is 1. The van der Waals surface area contributed by atoms with Gasteiger partial charge in [-0.3, -0.25) is 4.79 Å². The molecule has 2 aliphatic rings. The second kappa shape index (κ2) is 5.36. The molecule has 0 bridgehead atoms. The lowest BCUT2D eigenvalue weighted by molar-refractivity contribution is -0.125. The summed E-state index contributed by atoms with van der Waals surface area (Å²) in [5.41, 5.74) is 5.23. The Morgan fingerprint density at radius 3 is 2.59 bits per heavy atom. The van der Waals surface area contributed by atoms with E-state index < -0.39 is 5.54 Å². The molecule has 2 rings (SSSR count). The molecule has 1 saturated heterocycles. The summed E-state index contributed by atoms with van der Waals surface area (Å²) in [4.78, 5) is 14.2. The first kappa shape index (κ1) is 12.8. The zero-order valence-electron chi connectivity index (χ0n) is 10.9. The minimum absolute atomic E-state index is 0.153. The lowest BCUT2D eigenvalue weighted by atomic mass is 9.88. The summed E-state index contributed by atoms with van der Waals surface area (Å²) in [5, 5.41) is 3.59. The van der Waals surface area contributed by atoms with Crippen LogP contribution in [0.3, 0.4) is 0 Å². The molecule has 98 valence electrons. The predicted octanol–water partition coefficient (Wildman–Crippen LogP) is 0.858. The second-order valence-corrected chi connectivity index (χ2v) is 5.73. The minimum atomic E-state index is -0.445. The molecule has 17 heavy (non-hydrogen) atoms. The topological polar surface area (TPSA) is 58.4 Å². The summed E-state index contributed by atoms with van der Waals surface area (Å²) >= 11 is 0. The number of hydrogen-bond acceptors (Lipinski definition) is 3. The zero-order valence-corrected chi connectivity index (χ0v) is 10.9. The molecular formula is C13H25N3O. The lowest BCUT2D eigenvalue weighted by Crippen LogP contribution is -2.58. The van der Waals surface area contributed by atoms with Crippen molar-refractivity contribution in [1.82, 2.24) is 10.2 Å². The van der Waals surface area contributed by atoms with E-state index in [1.54, 1.807) is 0 Å². The number of nitrogens with one attached hydrogen (secondary N) is 1. The van der Waals surface area contributed by atoms with Gasteiger partial charge in [0.15, 0.2) is 0 Å². The molecule has 0 spiro atoms. The lowest BCUT2D eigenvalue weighted by Gasteiger charge is -2.33. The van der Waals surface area contributed by atoms with Crippen LogP contribution in [0.1, 0.15) is 44.9 Å². The number of nitrogens with zero attached hydrogens (tertiary/aromatic N) is 1. The van der Waals surface area contributed by atoms with Crippen LogP contribution in [0.4, 0.5) is 0 Å². The van der Waals surface area contributed by atoms with Crippen LogP contribution >= 0.6 is 0 Å². The number of rotatable bonds is 3. The SMILES string of the molecule is CN1CCCC(NC2CCCC2)(C(N)=O)CC1. The number of likely N-dealkylation sites (tertiary alicyclic amines) is 1. The van der Waals surface area contributed by atoms with E-state index in [0.717, 1.165) is 32.4 Å². The first-order chi connectivity index (χ1) is 8.12. The molecule has 1 atom stereocenters. The minimum Gasteiger partial charge on any atom is -0.368 e. The molecule has 1 heterocycles. The standard InChI is InChI=1S/C13H25N3O/c1-16-9-4-7-13(8-10-16,12(14)17)15-11-5-2-3-6-11/h11,15H,2-10H2,1H3,(H2,14,17). The zero-order chi connectivity index (χ0) is 12.3. The van der Waals surface area contributed by atoms with Crippen molar-refractivity contribution in [3.8, 4) is 0 Å². The fraction of sp³-hybridized carbons (Fsp3) is 0.923. The first-order valence-corrected chi connectivity index (χ1v) is 6.88. The van der Waals surface area contributed by atoms with Crippen LogP contribution in [-0.2, 0) is 4.79 Å². The molecule has 4 heteroatoms. The van der Waals surface area contributed by atoms with Crippen molar-refractivity contribution in [3.63, 3.8) is 0 Å². The molecule has 2 fully saturated rings. The van der Waals surface area contributed by atoms with E-state index in [0.29, 0.717) is 6.04 Å². The van der Waals surface area contributed by atoms with Gasteiger partial charge in [0.05, 0.1) is 5.54 Å². The van der Waals surface area contributed by atoms with Gasteiger partial charge in [-0.15, -0.1) is 0 Å². The van der Waals surface area contributed by atoms with Crippen molar-refractivity contribution in [3.05, 3.63) is 0 Å². The Bertz CT molecular complexity index is 276. The van der Waals surface area contributed by atoms with Gasteiger partial charge in [-0.25, -0.2) is 0 Å². The largest absolute Gasteiger partial charge is 0.368 e. The third-order valence-electron chi connectivity index (χ3n) is 4.37. The highest BCUT2D eigenvalue weighted by atomic mass is 16.1. The number of hydrogen-bond donors (Lipinski definition) is 2. The quantitative estimate of drug-likeness (QED) is 0.768. The van der Waals surface area contributed by atoms with Gasteiger partial charge in [-0.05, 0) is 45.7 Å². The van der Waals surface area contributed by atoms with E-state index >= 15 is 0 Å². The Balaban J connectivity index is 2.04.